The molecule has 0 aromatic heterocycles. The first-order valence-electron chi connectivity index (χ1n) is 6.63. The van der Waals surface area contributed by atoms with E-state index in [0.717, 1.165) is 17.0 Å². The summed E-state index contributed by atoms with van der Waals surface area (Å²) in [6.07, 6.45) is 5.01. The first-order valence-corrected chi connectivity index (χ1v) is 6.63. The topological polar surface area (TPSA) is 26.0 Å². The number of halogens is 1. The minimum Gasteiger partial charge on any atom is -0.324 e. The third-order valence-corrected chi connectivity index (χ3v) is 4.26. The highest BCUT2D eigenvalue weighted by atomic mass is 19.1. The zero-order chi connectivity index (χ0) is 12.4. The third-order valence-electron chi connectivity index (χ3n) is 4.26. The predicted molar refractivity (Wildman–Crippen MR) is 69.2 cm³/mol. The van der Waals surface area contributed by atoms with Gasteiger partial charge in [-0.3, -0.25) is 0 Å². The molecule has 0 heterocycles. The summed E-state index contributed by atoms with van der Waals surface area (Å²) in [7, 11) is 0. The van der Waals surface area contributed by atoms with Crippen LogP contribution >= 0.6 is 0 Å². The highest BCUT2D eigenvalue weighted by molar-refractivity contribution is 5.30. The number of rotatable bonds is 3. The van der Waals surface area contributed by atoms with Crippen molar-refractivity contribution in [2.45, 2.75) is 45.6 Å². The highest BCUT2D eigenvalue weighted by Crippen LogP contribution is 2.39. The molecule has 0 spiro atoms. The molecule has 0 saturated heterocycles. The Labute approximate surface area is 103 Å². The third kappa shape index (κ3) is 2.68. The van der Waals surface area contributed by atoms with Crippen LogP contribution in [0.4, 0.5) is 4.39 Å². The van der Waals surface area contributed by atoms with Gasteiger partial charge in [-0.15, -0.1) is 0 Å². The zero-order valence-electron chi connectivity index (χ0n) is 10.7. The minimum atomic E-state index is -0.170. The normalized spacial score (nSPS) is 26.1. The number of benzene rings is 1. The summed E-state index contributed by atoms with van der Waals surface area (Å²) in [4.78, 5) is 0. The van der Waals surface area contributed by atoms with Crippen molar-refractivity contribution in [3.63, 3.8) is 0 Å². The van der Waals surface area contributed by atoms with Crippen LogP contribution in [0.1, 0.15) is 49.8 Å². The Balaban J connectivity index is 2.12. The van der Waals surface area contributed by atoms with Crippen LogP contribution in [0, 0.1) is 24.6 Å². The summed E-state index contributed by atoms with van der Waals surface area (Å²) < 4.78 is 13.1. The smallest absolute Gasteiger partial charge is 0.123 e. The van der Waals surface area contributed by atoms with Crippen molar-refractivity contribution in [2.24, 2.45) is 17.6 Å². The maximum Gasteiger partial charge on any atom is 0.123 e. The summed E-state index contributed by atoms with van der Waals surface area (Å²) in [6.45, 7) is 4.20. The summed E-state index contributed by atoms with van der Waals surface area (Å²) in [5.74, 6) is 1.24. The van der Waals surface area contributed by atoms with Gasteiger partial charge in [-0.2, -0.15) is 0 Å². The van der Waals surface area contributed by atoms with Gasteiger partial charge in [-0.05, 0) is 54.9 Å². The van der Waals surface area contributed by atoms with Crippen molar-refractivity contribution in [1.82, 2.24) is 0 Å². The Kier molecular flexibility index (Phi) is 3.82. The van der Waals surface area contributed by atoms with Gasteiger partial charge in [0.05, 0.1) is 0 Å². The molecule has 1 aromatic carbocycles. The van der Waals surface area contributed by atoms with Crippen LogP contribution in [0.5, 0.6) is 0 Å². The van der Waals surface area contributed by atoms with Gasteiger partial charge in [0.15, 0.2) is 0 Å². The molecule has 0 amide bonds. The molecule has 0 radical (unpaired) electrons. The van der Waals surface area contributed by atoms with E-state index in [1.807, 2.05) is 13.0 Å². The summed E-state index contributed by atoms with van der Waals surface area (Å²) in [5, 5.41) is 0. The van der Waals surface area contributed by atoms with Crippen molar-refractivity contribution in [3.8, 4) is 0 Å². The Morgan fingerprint density at radius 1 is 1.41 bits per heavy atom. The van der Waals surface area contributed by atoms with Crippen molar-refractivity contribution >= 4 is 0 Å². The molecule has 1 aromatic rings. The second-order valence-corrected chi connectivity index (χ2v) is 5.37. The molecule has 94 valence electrons. The molecule has 1 fully saturated rings. The lowest BCUT2D eigenvalue weighted by Gasteiger charge is -2.21. The zero-order valence-corrected chi connectivity index (χ0v) is 10.7. The van der Waals surface area contributed by atoms with Gasteiger partial charge in [0.2, 0.25) is 0 Å². The van der Waals surface area contributed by atoms with Crippen LogP contribution < -0.4 is 5.73 Å². The molecule has 1 aliphatic rings. The molecule has 0 aliphatic heterocycles. The lowest BCUT2D eigenvalue weighted by Crippen LogP contribution is -2.20. The first kappa shape index (κ1) is 12.6. The molecule has 1 saturated carbocycles. The van der Waals surface area contributed by atoms with Crippen LogP contribution in [-0.2, 0) is 0 Å². The average Bonchev–Trinajstić information content (AvgIpc) is 2.76. The molecular formula is C15H22FN. The second kappa shape index (κ2) is 5.18. The van der Waals surface area contributed by atoms with E-state index in [4.69, 9.17) is 5.73 Å². The maximum absolute atomic E-state index is 13.1. The Hall–Kier alpha value is -0.890. The molecule has 0 bridgehead atoms. The summed E-state index contributed by atoms with van der Waals surface area (Å²) >= 11 is 0. The first-order chi connectivity index (χ1) is 8.11. The van der Waals surface area contributed by atoms with Crippen LogP contribution in [0.2, 0.25) is 0 Å². The number of hydrogen-bond donors (Lipinski definition) is 1. The second-order valence-electron chi connectivity index (χ2n) is 5.37. The molecule has 3 unspecified atom stereocenters. The predicted octanol–water partition coefficient (Wildman–Crippen LogP) is 3.96. The van der Waals surface area contributed by atoms with Gasteiger partial charge in [0.25, 0.3) is 0 Å². The number of hydrogen-bond acceptors (Lipinski definition) is 1. The van der Waals surface area contributed by atoms with Crippen molar-refractivity contribution in [1.29, 1.82) is 0 Å². The fourth-order valence-electron chi connectivity index (χ4n) is 3.08. The van der Waals surface area contributed by atoms with Crippen LogP contribution in [-0.4, -0.2) is 0 Å². The fourth-order valence-corrected chi connectivity index (χ4v) is 3.08. The van der Waals surface area contributed by atoms with E-state index >= 15 is 0 Å². The highest BCUT2D eigenvalue weighted by Gasteiger charge is 2.29. The monoisotopic (exact) mass is 235 g/mol. The largest absolute Gasteiger partial charge is 0.324 e. The Morgan fingerprint density at radius 2 is 2.18 bits per heavy atom. The van der Waals surface area contributed by atoms with E-state index in [0.29, 0.717) is 5.92 Å². The molecule has 2 rings (SSSR count). The summed E-state index contributed by atoms with van der Waals surface area (Å²) in [6, 6.07) is 5.04. The van der Waals surface area contributed by atoms with E-state index in [2.05, 4.69) is 6.92 Å². The molecule has 1 aliphatic carbocycles. The quantitative estimate of drug-likeness (QED) is 0.843. The summed E-state index contributed by atoms with van der Waals surface area (Å²) in [5.41, 5.74) is 8.45. The van der Waals surface area contributed by atoms with E-state index in [1.165, 1.54) is 31.7 Å². The van der Waals surface area contributed by atoms with Gasteiger partial charge in [0, 0.05) is 6.04 Å². The van der Waals surface area contributed by atoms with Crippen LogP contribution in [0.15, 0.2) is 18.2 Å². The lowest BCUT2D eigenvalue weighted by atomic mass is 9.89. The van der Waals surface area contributed by atoms with Gasteiger partial charge in [-0.25, -0.2) is 4.39 Å². The average molecular weight is 235 g/mol. The fraction of sp³-hybridized carbons (Fsp3) is 0.600. The number of nitrogens with two attached hydrogens (primary N) is 1. The van der Waals surface area contributed by atoms with Crippen LogP contribution in [0.3, 0.4) is 0 Å². The van der Waals surface area contributed by atoms with Gasteiger partial charge >= 0.3 is 0 Å². The van der Waals surface area contributed by atoms with Gasteiger partial charge in [-0.1, -0.05) is 25.8 Å². The molecule has 2 heteroatoms. The lowest BCUT2D eigenvalue weighted by molar-refractivity contribution is 0.415. The van der Waals surface area contributed by atoms with E-state index < -0.39 is 0 Å². The van der Waals surface area contributed by atoms with Crippen molar-refractivity contribution < 1.29 is 4.39 Å². The Morgan fingerprint density at radius 3 is 2.76 bits per heavy atom. The number of aryl methyl sites for hydroxylation is 1. The molecule has 1 nitrogen and oxygen atoms in total. The molecule has 3 atom stereocenters. The van der Waals surface area contributed by atoms with Gasteiger partial charge in [0.1, 0.15) is 5.82 Å². The van der Waals surface area contributed by atoms with Crippen LogP contribution in [0.25, 0.3) is 0 Å². The van der Waals surface area contributed by atoms with Gasteiger partial charge < -0.3 is 5.73 Å². The van der Waals surface area contributed by atoms with E-state index in [1.54, 1.807) is 6.07 Å². The maximum atomic E-state index is 13.1. The van der Waals surface area contributed by atoms with E-state index in [9.17, 15) is 4.39 Å². The van der Waals surface area contributed by atoms with Crippen molar-refractivity contribution in [3.05, 3.63) is 35.1 Å². The molecule has 17 heavy (non-hydrogen) atoms. The molecular weight excluding hydrogens is 213 g/mol. The standard InChI is InChI=1S/C15H22FN/c1-3-11-4-5-12(9-11)15(17)14-7-6-13(16)8-10(14)2/h6-8,11-12,15H,3-5,9,17H2,1-2H3. The Bertz CT molecular complexity index is 389. The SMILES string of the molecule is CCC1CCC(C(N)c2ccc(F)cc2C)C1. The van der Waals surface area contributed by atoms with Crippen molar-refractivity contribution in [2.75, 3.05) is 0 Å². The minimum absolute atomic E-state index is 0.0761. The molecule has 2 N–H and O–H groups in total. The van der Waals surface area contributed by atoms with E-state index in [-0.39, 0.29) is 11.9 Å².